The number of aromatic amines is 1. The van der Waals surface area contributed by atoms with Gasteiger partial charge in [0.2, 0.25) is 0 Å². The predicted molar refractivity (Wildman–Crippen MR) is 120 cm³/mol. The van der Waals surface area contributed by atoms with Crippen molar-refractivity contribution in [3.05, 3.63) is 81.8 Å². The molecule has 1 amide bonds. The summed E-state index contributed by atoms with van der Waals surface area (Å²) < 4.78 is 5.37. The van der Waals surface area contributed by atoms with Crippen molar-refractivity contribution in [3.8, 4) is 11.3 Å². The Kier molecular flexibility index (Phi) is 6.76. The molecule has 2 aromatic carbocycles. The molecule has 1 aromatic heterocycles. The third-order valence-electron chi connectivity index (χ3n) is 4.62. The first-order chi connectivity index (χ1) is 15.5. The van der Waals surface area contributed by atoms with Gasteiger partial charge in [-0.25, -0.2) is 14.6 Å². The number of H-pyrrole nitrogens is 1. The van der Waals surface area contributed by atoms with Gasteiger partial charge in [0.15, 0.2) is 0 Å². The number of nitrogens with one attached hydrogen (secondary N) is 2. The number of hydrogen-bond donors (Lipinski definition) is 3. The van der Waals surface area contributed by atoms with E-state index < -0.39 is 28.6 Å². The van der Waals surface area contributed by atoms with E-state index in [1.165, 1.54) is 24.3 Å². The number of hydrogen-bond acceptors (Lipinski definition) is 6. The number of carboxylic acids is 1. The maximum Gasteiger partial charge on any atom is 0.408 e. The second-order valence-electron chi connectivity index (χ2n) is 8.39. The topological polar surface area (TPSA) is 147 Å². The van der Waals surface area contributed by atoms with E-state index in [4.69, 9.17) is 4.74 Å². The van der Waals surface area contributed by atoms with Crippen LogP contribution >= 0.6 is 0 Å². The molecule has 1 heterocycles. The molecule has 172 valence electrons. The van der Waals surface area contributed by atoms with Gasteiger partial charge >= 0.3 is 12.1 Å². The lowest BCUT2D eigenvalue weighted by Gasteiger charge is -2.23. The SMILES string of the molecule is CC(C)(C)OC(=O)N[C@@H](Cc1cccc(C(=O)O)c1)c1ncc(-c2ccc([N+](=O)[O-])cc2)[nH]1. The summed E-state index contributed by atoms with van der Waals surface area (Å²) in [6.45, 7) is 5.24. The Labute approximate surface area is 189 Å². The van der Waals surface area contributed by atoms with Gasteiger partial charge in [0.05, 0.1) is 28.4 Å². The lowest BCUT2D eigenvalue weighted by molar-refractivity contribution is -0.384. The summed E-state index contributed by atoms with van der Waals surface area (Å²) >= 11 is 0. The summed E-state index contributed by atoms with van der Waals surface area (Å²) in [5, 5.41) is 22.9. The molecule has 0 aliphatic carbocycles. The Morgan fingerprint density at radius 2 is 1.91 bits per heavy atom. The van der Waals surface area contributed by atoms with Gasteiger partial charge in [-0.15, -0.1) is 0 Å². The molecule has 3 rings (SSSR count). The highest BCUT2D eigenvalue weighted by Crippen LogP contribution is 2.24. The van der Waals surface area contributed by atoms with Crippen LogP contribution in [0.4, 0.5) is 10.5 Å². The molecule has 0 bridgehead atoms. The van der Waals surface area contributed by atoms with Crippen LogP contribution in [0.25, 0.3) is 11.3 Å². The number of nitro benzene ring substituents is 1. The number of benzene rings is 2. The third kappa shape index (κ3) is 6.39. The monoisotopic (exact) mass is 452 g/mol. The molecule has 33 heavy (non-hydrogen) atoms. The van der Waals surface area contributed by atoms with E-state index in [9.17, 15) is 24.8 Å². The second kappa shape index (κ2) is 9.51. The molecule has 0 aliphatic heterocycles. The van der Waals surface area contributed by atoms with Crippen molar-refractivity contribution in [1.29, 1.82) is 0 Å². The van der Waals surface area contributed by atoms with Crippen LogP contribution in [0.15, 0.2) is 54.7 Å². The number of amides is 1. The minimum Gasteiger partial charge on any atom is -0.478 e. The Morgan fingerprint density at radius 3 is 2.52 bits per heavy atom. The van der Waals surface area contributed by atoms with Gasteiger partial charge in [-0.3, -0.25) is 10.1 Å². The molecule has 0 aliphatic rings. The van der Waals surface area contributed by atoms with Gasteiger partial charge in [0.1, 0.15) is 11.4 Å². The summed E-state index contributed by atoms with van der Waals surface area (Å²) in [6, 6.07) is 11.8. The van der Waals surface area contributed by atoms with Crippen molar-refractivity contribution >= 4 is 17.7 Å². The zero-order valence-corrected chi connectivity index (χ0v) is 18.4. The van der Waals surface area contributed by atoms with Crippen LogP contribution in [0.3, 0.4) is 0 Å². The summed E-state index contributed by atoms with van der Waals surface area (Å²) in [4.78, 5) is 41.7. The highest BCUT2D eigenvalue weighted by molar-refractivity contribution is 5.87. The molecule has 10 heteroatoms. The zero-order valence-electron chi connectivity index (χ0n) is 18.4. The molecule has 10 nitrogen and oxygen atoms in total. The fraction of sp³-hybridized carbons (Fsp3) is 0.261. The summed E-state index contributed by atoms with van der Waals surface area (Å²) in [6.07, 6.45) is 1.18. The molecule has 0 saturated carbocycles. The predicted octanol–water partition coefficient (Wildman–Crippen LogP) is 4.49. The van der Waals surface area contributed by atoms with Crippen LogP contribution in [-0.2, 0) is 11.2 Å². The fourth-order valence-electron chi connectivity index (χ4n) is 3.16. The van der Waals surface area contributed by atoms with E-state index in [0.29, 0.717) is 22.6 Å². The minimum atomic E-state index is -1.05. The van der Waals surface area contributed by atoms with Gasteiger partial charge in [0, 0.05) is 24.1 Å². The van der Waals surface area contributed by atoms with E-state index in [0.717, 1.165) is 0 Å². The number of carboxylic acid groups (broad SMARTS) is 1. The van der Waals surface area contributed by atoms with Crippen LogP contribution in [0.2, 0.25) is 0 Å². The van der Waals surface area contributed by atoms with Gasteiger partial charge in [-0.2, -0.15) is 0 Å². The third-order valence-corrected chi connectivity index (χ3v) is 4.62. The van der Waals surface area contributed by atoms with Crippen LogP contribution < -0.4 is 5.32 Å². The first-order valence-corrected chi connectivity index (χ1v) is 10.1. The van der Waals surface area contributed by atoms with Crippen LogP contribution in [0.5, 0.6) is 0 Å². The van der Waals surface area contributed by atoms with Crippen molar-refractivity contribution in [2.45, 2.75) is 38.8 Å². The Bertz CT molecular complexity index is 1160. The number of nitrogens with zero attached hydrogens (tertiary/aromatic N) is 2. The number of ether oxygens (including phenoxy) is 1. The number of alkyl carbamates (subject to hydrolysis) is 1. The van der Waals surface area contributed by atoms with Crippen LogP contribution in [0, 0.1) is 10.1 Å². The van der Waals surface area contributed by atoms with Gasteiger partial charge in [0.25, 0.3) is 5.69 Å². The maximum absolute atomic E-state index is 12.5. The lowest BCUT2D eigenvalue weighted by atomic mass is 10.0. The Hall–Kier alpha value is -4.21. The number of carbonyl (C=O) groups is 2. The Morgan fingerprint density at radius 1 is 1.21 bits per heavy atom. The average Bonchev–Trinajstić information content (AvgIpc) is 3.22. The highest BCUT2D eigenvalue weighted by Gasteiger charge is 2.23. The number of nitro groups is 1. The summed E-state index contributed by atoms with van der Waals surface area (Å²) in [5.74, 6) is -0.623. The van der Waals surface area contributed by atoms with Crippen molar-refractivity contribution in [1.82, 2.24) is 15.3 Å². The number of aromatic nitrogens is 2. The first kappa shape index (κ1) is 23.5. The minimum absolute atomic E-state index is 0.0266. The van der Waals surface area contributed by atoms with E-state index in [1.807, 2.05) is 0 Å². The fourth-order valence-corrected chi connectivity index (χ4v) is 3.16. The summed E-state index contributed by atoms with van der Waals surface area (Å²) in [7, 11) is 0. The van der Waals surface area contributed by atoms with Crippen LogP contribution in [0.1, 0.15) is 48.6 Å². The number of aromatic carboxylic acids is 1. The van der Waals surface area contributed by atoms with Crippen molar-refractivity contribution in [2.24, 2.45) is 0 Å². The van der Waals surface area contributed by atoms with Gasteiger partial charge < -0.3 is 20.1 Å². The van der Waals surface area contributed by atoms with E-state index in [1.54, 1.807) is 51.2 Å². The smallest absolute Gasteiger partial charge is 0.408 e. The largest absolute Gasteiger partial charge is 0.478 e. The highest BCUT2D eigenvalue weighted by atomic mass is 16.6. The molecule has 0 unspecified atom stereocenters. The molecule has 0 saturated heterocycles. The molecule has 1 atom stereocenters. The van der Waals surface area contributed by atoms with Crippen molar-refractivity contribution in [2.75, 3.05) is 0 Å². The standard InChI is InChI=1S/C23H24N4O6/c1-23(2,3)33-22(30)26-18(12-14-5-4-6-16(11-14)21(28)29)20-24-13-19(25-20)15-7-9-17(10-8-15)27(31)32/h4-11,13,18H,12H2,1-3H3,(H,24,25)(H,26,30)(H,28,29)/t18-/m0/s1. The number of non-ortho nitro benzene ring substituents is 1. The molecular weight excluding hydrogens is 428 g/mol. The van der Waals surface area contributed by atoms with Crippen LogP contribution in [-0.4, -0.2) is 37.7 Å². The normalized spacial score (nSPS) is 12.1. The number of imidazole rings is 1. The maximum atomic E-state index is 12.5. The van der Waals surface area contributed by atoms with Crippen molar-refractivity contribution in [3.63, 3.8) is 0 Å². The molecule has 0 spiro atoms. The average molecular weight is 452 g/mol. The van der Waals surface area contributed by atoms with E-state index >= 15 is 0 Å². The zero-order chi connectivity index (χ0) is 24.2. The molecule has 3 N–H and O–H groups in total. The van der Waals surface area contributed by atoms with E-state index in [2.05, 4.69) is 15.3 Å². The second-order valence-corrected chi connectivity index (χ2v) is 8.39. The number of rotatable bonds is 7. The number of carbonyl (C=O) groups excluding carboxylic acids is 1. The Balaban J connectivity index is 1.88. The van der Waals surface area contributed by atoms with Gasteiger partial charge in [-0.1, -0.05) is 12.1 Å². The molecule has 0 radical (unpaired) electrons. The first-order valence-electron chi connectivity index (χ1n) is 10.1. The van der Waals surface area contributed by atoms with E-state index in [-0.39, 0.29) is 17.7 Å². The molecule has 0 fully saturated rings. The quantitative estimate of drug-likeness (QED) is 0.353. The molecular formula is C23H24N4O6. The summed E-state index contributed by atoms with van der Waals surface area (Å²) in [5.41, 5.74) is 1.38. The lowest BCUT2D eigenvalue weighted by Crippen LogP contribution is -2.36. The van der Waals surface area contributed by atoms with Gasteiger partial charge in [-0.05, 0) is 50.6 Å². The van der Waals surface area contributed by atoms with Crippen molar-refractivity contribution < 1.29 is 24.4 Å². The molecule has 3 aromatic rings.